The van der Waals surface area contributed by atoms with Crippen LogP contribution < -0.4 is 38.8 Å². The predicted molar refractivity (Wildman–Crippen MR) is 141 cm³/mol. The van der Waals surface area contributed by atoms with E-state index < -0.39 is 34.6 Å². The maximum atomic E-state index is 13.0. The molecule has 20 heteroatoms. The Balaban J connectivity index is 1.45. The largest absolute Gasteiger partial charge is 0.481 e. The Kier molecular flexibility index (Phi) is 7.56. The quantitative estimate of drug-likeness (QED) is 0.0299. The minimum absolute atomic E-state index is 0.0118. The number of carboxylic acids is 1. The lowest BCUT2D eigenvalue weighted by atomic mass is 9.89. The van der Waals surface area contributed by atoms with Gasteiger partial charge in [0, 0.05) is 29.6 Å². The fraction of sp³-hybridized carbons (Fsp3) is 0.444. The molecule has 0 aromatic carbocycles. The molecule has 3 atom stereocenters. The molecule has 0 bridgehead atoms. The minimum Gasteiger partial charge on any atom is -0.481 e. The van der Waals surface area contributed by atoms with Crippen molar-refractivity contribution in [2.45, 2.75) is 23.5 Å². The van der Waals surface area contributed by atoms with Crippen molar-refractivity contribution in [1.82, 2.24) is 24.6 Å². The van der Waals surface area contributed by atoms with Gasteiger partial charge in [-0.2, -0.15) is 9.36 Å². The summed E-state index contributed by atoms with van der Waals surface area (Å²) in [4.78, 5) is 52.7. The molecule has 0 radical (unpaired) electrons. The SMILES string of the molecule is CCON=C(C(=O)NC1C(=O)N2CC(CSc3nc(N)c(N)c(N)[n+]3N)(C(=O)O)CS[C@H]12)c1nsc(N)n1. The molecule has 2 fully saturated rings. The van der Waals surface area contributed by atoms with Crippen molar-refractivity contribution in [2.24, 2.45) is 10.6 Å². The second-order valence-corrected chi connectivity index (χ2v) is 11.1. The molecule has 2 aromatic heterocycles. The molecular weight excluding hydrogens is 560 g/mol. The number of carboxylic acid groups (broad SMARTS) is 1. The highest BCUT2D eigenvalue weighted by Gasteiger charge is 2.57. The molecule has 2 aliphatic heterocycles. The summed E-state index contributed by atoms with van der Waals surface area (Å²) in [7, 11) is 0. The molecule has 2 unspecified atom stereocenters. The van der Waals surface area contributed by atoms with Gasteiger partial charge in [0.25, 0.3) is 11.7 Å². The molecule has 0 spiro atoms. The van der Waals surface area contributed by atoms with Crippen LogP contribution in [0.15, 0.2) is 10.3 Å². The number of aromatic nitrogens is 4. The summed E-state index contributed by atoms with van der Waals surface area (Å²) in [6.07, 6.45) is 0. The molecule has 2 saturated heterocycles. The number of nitrogen functional groups attached to an aromatic ring is 5. The minimum atomic E-state index is -1.33. The molecule has 4 rings (SSSR count). The summed E-state index contributed by atoms with van der Waals surface area (Å²) >= 11 is 3.13. The van der Waals surface area contributed by atoms with Crippen LogP contribution >= 0.6 is 35.1 Å². The van der Waals surface area contributed by atoms with Gasteiger partial charge in [-0.1, -0.05) is 10.1 Å². The van der Waals surface area contributed by atoms with Crippen molar-refractivity contribution >= 4 is 81.0 Å². The Morgan fingerprint density at radius 3 is 2.71 bits per heavy atom. The van der Waals surface area contributed by atoms with Gasteiger partial charge in [0.1, 0.15) is 23.4 Å². The standard InChI is InChI=1S/C18H24N12O5S3/c1-2-35-27-7(11-26-16(22)38-28-11)12(31)24-8-13(32)29-3-18(15(33)34,4-36-14(8)29)5-37-17-25-9(20)6(19)10(21)30(17)23/h8,14H,2-5,23H2,1H3,(H9,19,20,21,22,24,26,27,28,31,33,34)/p+1/t8?,14-,18?/m1/s1. The van der Waals surface area contributed by atoms with E-state index in [1.807, 2.05) is 0 Å². The highest BCUT2D eigenvalue weighted by atomic mass is 32.2. The van der Waals surface area contributed by atoms with Crippen LogP contribution in [0.1, 0.15) is 12.7 Å². The number of oxime groups is 1. The summed E-state index contributed by atoms with van der Waals surface area (Å²) in [6.45, 7) is 1.78. The van der Waals surface area contributed by atoms with E-state index in [2.05, 4.69) is 24.8 Å². The molecule has 204 valence electrons. The smallest absolute Gasteiger partial charge is 0.322 e. The first-order valence-corrected chi connectivity index (χ1v) is 13.7. The number of fused-ring (bicyclic) bond motifs is 1. The highest BCUT2D eigenvalue weighted by Crippen LogP contribution is 2.44. The summed E-state index contributed by atoms with van der Waals surface area (Å²) < 4.78 is 5.00. The topological polar surface area (TPSA) is 281 Å². The number of carbonyl (C=O) groups is 3. The number of nitrogens with zero attached hydrogens (tertiary/aromatic N) is 6. The van der Waals surface area contributed by atoms with Crippen LogP contribution in [-0.2, 0) is 19.2 Å². The zero-order valence-corrected chi connectivity index (χ0v) is 22.3. The van der Waals surface area contributed by atoms with Gasteiger partial charge >= 0.3 is 11.1 Å². The molecule has 38 heavy (non-hydrogen) atoms. The molecule has 0 saturated carbocycles. The number of carbonyl (C=O) groups excluding carboxylic acids is 2. The Bertz CT molecular complexity index is 1320. The third kappa shape index (κ3) is 4.88. The second-order valence-electron chi connectivity index (χ2n) is 8.26. The molecule has 2 amide bonds. The van der Waals surface area contributed by atoms with Crippen LogP contribution in [0.5, 0.6) is 0 Å². The number of rotatable bonds is 9. The van der Waals surface area contributed by atoms with Gasteiger partial charge in [-0.25, -0.2) is 0 Å². The molecule has 4 heterocycles. The summed E-state index contributed by atoms with van der Waals surface area (Å²) in [5.41, 5.74) is 21.4. The van der Waals surface area contributed by atoms with Crippen LogP contribution in [0.25, 0.3) is 0 Å². The van der Waals surface area contributed by atoms with E-state index in [0.717, 1.165) is 28.0 Å². The Labute approximate surface area is 227 Å². The maximum Gasteiger partial charge on any atom is 0.322 e. The van der Waals surface area contributed by atoms with Crippen molar-refractivity contribution in [2.75, 3.05) is 53.4 Å². The summed E-state index contributed by atoms with van der Waals surface area (Å²) in [6, 6.07) is -0.903. The third-order valence-corrected chi connectivity index (χ3v) is 9.12. The fourth-order valence-corrected chi connectivity index (χ4v) is 6.87. The van der Waals surface area contributed by atoms with Crippen molar-refractivity contribution in [1.29, 1.82) is 0 Å². The molecule has 12 N–H and O–H groups in total. The lowest BCUT2D eigenvalue weighted by Gasteiger charge is -2.53. The Morgan fingerprint density at radius 1 is 1.34 bits per heavy atom. The van der Waals surface area contributed by atoms with E-state index in [0.29, 0.717) is 0 Å². The van der Waals surface area contributed by atoms with Crippen LogP contribution in [0, 0.1) is 5.41 Å². The van der Waals surface area contributed by atoms with Gasteiger partial charge in [0.05, 0.1) is 0 Å². The average Bonchev–Trinajstić information content (AvgIpc) is 3.32. The number of anilines is 4. The van der Waals surface area contributed by atoms with Gasteiger partial charge < -0.3 is 43.1 Å². The van der Waals surface area contributed by atoms with E-state index in [1.165, 1.54) is 16.7 Å². The second kappa shape index (κ2) is 10.5. The first kappa shape index (κ1) is 27.3. The Hall–Kier alpha value is -3.78. The summed E-state index contributed by atoms with van der Waals surface area (Å²) in [5.74, 6) is 3.72. The first-order valence-electron chi connectivity index (χ1n) is 10.9. The number of hydrogen-bond donors (Lipinski definition) is 7. The van der Waals surface area contributed by atoms with E-state index >= 15 is 0 Å². The monoisotopic (exact) mass is 585 g/mol. The van der Waals surface area contributed by atoms with E-state index in [-0.39, 0.29) is 63.8 Å². The van der Waals surface area contributed by atoms with Gasteiger partial charge in [-0.15, -0.1) is 16.4 Å². The number of nitrogens with one attached hydrogen (secondary N) is 1. The van der Waals surface area contributed by atoms with Gasteiger partial charge in [0.2, 0.25) is 23.3 Å². The predicted octanol–water partition coefficient (Wildman–Crippen LogP) is -2.73. The molecule has 0 aliphatic carbocycles. The number of amides is 2. The lowest BCUT2D eigenvalue weighted by Crippen LogP contribution is -2.74. The first-order chi connectivity index (χ1) is 18.0. The van der Waals surface area contributed by atoms with Crippen LogP contribution in [0.4, 0.5) is 22.5 Å². The van der Waals surface area contributed by atoms with Crippen molar-refractivity contribution in [3.63, 3.8) is 0 Å². The number of nitrogens with two attached hydrogens (primary N) is 5. The van der Waals surface area contributed by atoms with Crippen molar-refractivity contribution < 1.29 is 29.0 Å². The molecule has 2 aliphatic rings. The van der Waals surface area contributed by atoms with Crippen LogP contribution in [-0.4, -0.2) is 83.9 Å². The number of hydrogen-bond acceptors (Lipinski definition) is 16. The fourth-order valence-electron chi connectivity index (χ4n) is 3.65. The Morgan fingerprint density at radius 2 is 2.08 bits per heavy atom. The van der Waals surface area contributed by atoms with Crippen molar-refractivity contribution in [3.05, 3.63) is 5.82 Å². The van der Waals surface area contributed by atoms with E-state index in [1.54, 1.807) is 6.92 Å². The number of aliphatic carboxylic acids is 1. The van der Waals surface area contributed by atoms with Gasteiger partial charge in [0.15, 0.2) is 10.8 Å². The van der Waals surface area contributed by atoms with Crippen LogP contribution in [0.2, 0.25) is 0 Å². The average molecular weight is 586 g/mol. The lowest BCUT2D eigenvalue weighted by molar-refractivity contribution is -0.667. The number of thioether (sulfide) groups is 2. The zero-order valence-electron chi connectivity index (χ0n) is 19.9. The highest BCUT2D eigenvalue weighted by molar-refractivity contribution is 8.00. The van der Waals surface area contributed by atoms with Gasteiger partial charge in [-0.05, 0) is 18.7 Å². The van der Waals surface area contributed by atoms with Crippen LogP contribution in [0.3, 0.4) is 0 Å². The summed E-state index contributed by atoms with van der Waals surface area (Å²) in [5, 5.41) is 16.3. The third-order valence-electron chi connectivity index (χ3n) is 5.75. The molecular formula is C18H25N12O5S3+. The molecule has 2 aromatic rings. The van der Waals surface area contributed by atoms with Gasteiger partial charge in [-0.3, -0.25) is 20.2 Å². The molecule has 17 nitrogen and oxygen atoms in total. The van der Waals surface area contributed by atoms with E-state index in [4.69, 9.17) is 33.6 Å². The normalized spacial score (nSPS) is 22.9. The maximum absolute atomic E-state index is 13.0. The number of β-lactam (4-membered cyclic amide) rings is 1. The zero-order chi connectivity index (χ0) is 27.8. The van der Waals surface area contributed by atoms with E-state index in [9.17, 15) is 19.5 Å². The van der Waals surface area contributed by atoms with Crippen molar-refractivity contribution in [3.8, 4) is 0 Å².